The van der Waals surface area contributed by atoms with Crippen LogP contribution in [0.15, 0.2) is 54.5 Å². The molecule has 0 bridgehead atoms. The van der Waals surface area contributed by atoms with Crippen molar-refractivity contribution in [1.29, 1.82) is 5.41 Å². The van der Waals surface area contributed by atoms with E-state index >= 15 is 0 Å². The smallest absolute Gasteiger partial charge is 0.255 e. The number of benzene rings is 2. The summed E-state index contributed by atoms with van der Waals surface area (Å²) >= 11 is 6.39. The van der Waals surface area contributed by atoms with Crippen LogP contribution in [0.3, 0.4) is 0 Å². The molecule has 1 aliphatic heterocycles. The molecule has 0 saturated heterocycles. The number of fused-ring (bicyclic) bond motifs is 1. The van der Waals surface area contributed by atoms with Gasteiger partial charge >= 0.3 is 0 Å². The van der Waals surface area contributed by atoms with Crippen LogP contribution in [0.1, 0.15) is 34.5 Å². The molecule has 0 saturated carbocycles. The first kappa shape index (κ1) is 29.4. The van der Waals surface area contributed by atoms with Gasteiger partial charge in [0.05, 0.1) is 42.4 Å². The lowest BCUT2D eigenvalue weighted by Crippen LogP contribution is -2.46. The zero-order valence-corrected chi connectivity index (χ0v) is 23.3. The van der Waals surface area contributed by atoms with Crippen LogP contribution < -0.4 is 20.7 Å². The summed E-state index contributed by atoms with van der Waals surface area (Å²) in [6, 6.07) is 7.34. The number of aliphatic hydroxyl groups excluding tert-OH is 1. The summed E-state index contributed by atoms with van der Waals surface area (Å²) in [6.45, 7) is 1.30. The number of rotatable bonds is 11. The summed E-state index contributed by atoms with van der Waals surface area (Å²) in [5.41, 5.74) is 2.83. The molecule has 2 heterocycles. The van der Waals surface area contributed by atoms with E-state index in [9.17, 15) is 19.1 Å². The fourth-order valence-electron chi connectivity index (χ4n) is 4.38. The monoisotopic (exact) mass is 581 g/mol. The highest BCUT2D eigenvalue weighted by Crippen LogP contribution is 2.32. The molecule has 2 amide bonds. The normalized spacial score (nSPS) is 14.2. The Bertz CT molecular complexity index is 1520. The highest BCUT2D eigenvalue weighted by Gasteiger charge is 2.35. The highest BCUT2D eigenvalue weighted by molar-refractivity contribution is 6.33. The minimum atomic E-state index is -0.903. The number of hydrogen-bond acceptors (Lipinski definition) is 9. The van der Waals surface area contributed by atoms with Crippen molar-refractivity contribution in [2.75, 3.05) is 26.1 Å². The summed E-state index contributed by atoms with van der Waals surface area (Å²) in [5, 5.41) is 26.1. The molecule has 1 aliphatic rings. The van der Waals surface area contributed by atoms with Gasteiger partial charge in [0.15, 0.2) is 0 Å². The fraction of sp³-hybridized carbons (Fsp3) is 0.250. The molecule has 0 fully saturated rings. The van der Waals surface area contributed by atoms with Gasteiger partial charge in [0.1, 0.15) is 17.6 Å². The van der Waals surface area contributed by atoms with Crippen LogP contribution in [0.25, 0.3) is 11.3 Å². The molecule has 5 N–H and O–H groups in total. The number of aliphatic hydroxyl groups is 1. The number of amides is 2. The maximum atomic E-state index is 14.0. The molecule has 11 nitrogen and oxygen atoms in total. The van der Waals surface area contributed by atoms with E-state index in [-0.39, 0.29) is 29.2 Å². The molecule has 1 aromatic heterocycles. The Balaban J connectivity index is 1.53. The second-order valence-corrected chi connectivity index (χ2v) is 9.60. The van der Waals surface area contributed by atoms with Crippen molar-refractivity contribution in [3.05, 3.63) is 82.0 Å². The van der Waals surface area contributed by atoms with Crippen molar-refractivity contribution in [2.24, 2.45) is 0 Å². The average molecular weight is 582 g/mol. The minimum absolute atomic E-state index is 0.197. The average Bonchev–Trinajstić information content (AvgIpc) is 3.30. The van der Waals surface area contributed by atoms with Gasteiger partial charge in [-0.05, 0) is 36.2 Å². The van der Waals surface area contributed by atoms with Gasteiger partial charge in [-0.1, -0.05) is 23.7 Å². The minimum Gasteiger partial charge on any atom is -0.497 e. The largest absolute Gasteiger partial charge is 0.497 e. The zero-order chi connectivity index (χ0) is 29.7. The van der Waals surface area contributed by atoms with E-state index in [0.717, 1.165) is 11.8 Å². The molecule has 3 aromatic rings. The number of carbonyl (C=O) groups is 2. The van der Waals surface area contributed by atoms with Crippen molar-refractivity contribution < 1.29 is 23.8 Å². The SMILES string of the molecule is CN/C=C(\C=N)Nc1ncc(Cl)c(-c2ccc3c(c2)C(=O)N([C@H](C)C(=O)N[C@H](CO)c2cc(F)cc(OC)c2)C3)n1. The number of nitrogens with zero attached hydrogens (tertiary/aromatic N) is 3. The number of allylic oxidation sites excluding steroid dienone is 1. The molecule has 4 rings (SSSR count). The number of nitrogens with one attached hydrogen (secondary N) is 4. The standard InChI is InChI=1S/C28H29ClFN7O4/c1-15(26(39)35-24(14-38)18-6-19(30)9-21(7-18)41-3)37-13-17-5-4-16(8-22(17)27(37)40)25-23(29)12-33-28(36-25)34-20(10-31)11-32-2/h4-12,15,24,31-32,38H,13-14H2,1-3H3,(H,35,39)(H,33,34,36)/b20-11+,31-10?/t15-,24-/m1/s1. The van der Waals surface area contributed by atoms with Gasteiger partial charge in [-0.3, -0.25) is 9.59 Å². The molecule has 0 aliphatic carbocycles. The molecule has 0 unspecified atom stereocenters. The van der Waals surface area contributed by atoms with Gasteiger partial charge in [-0.25, -0.2) is 14.4 Å². The van der Waals surface area contributed by atoms with Crippen molar-refractivity contribution >= 4 is 35.6 Å². The Labute approximate surface area is 240 Å². The quantitative estimate of drug-likeness (QED) is 0.216. The van der Waals surface area contributed by atoms with Gasteiger partial charge in [0, 0.05) is 43.2 Å². The molecular weight excluding hydrogens is 553 g/mol. The van der Waals surface area contributed by atoms with Gasteiger partial charge in [0.25, 0.3) is 5.91 Å². The van der Waals surface area contributed by atoms with E-state index in [4.69, 9.17) is 21.7 Å². The third kappa shape index (κ3) is 6.44. The Morgan fingerprint density at radius 3 is 2.78 bits per heavy atom. The second-order valence-electron chi connectivity index (χ2n) is 9.20. The van der Waals surface area contributed by atoms with Gasteiger partial charge in [-0.2, -0.15) is 0 Å². The first-order valence-electron chi connectivity index (χ1n) is 12.6. The van der Waals surface area contributed by atoms with Gasteiger partial charge < -0.3 is 36.1 Å². The summed E-state index contributed by atoms with van der Waals surface area (Å²) in [5.74, 6) is -0.984. The Hall–Kier alpha value is -4.55. The van der Waals surface area contributed by atoms with Crippen LogP contribution in [0, 0.1) is 11.2 Å². The first-order chi connectivity index (χ1) is 19.7. The third-order valence-electron chi connectivity index (χ3n) is 6.55. The molecule has 214 valence electrons. The summed E-state index contributed by atoms with van der Waals surface area (Å²) in [4.78, 5) is 36.6. The molecule has 0 spiro atoms. The topological polar surface area (TPSA) is 153 Å². The molecule has 2 aromatic carbocycles. The van der Waals surface area contributed by atoms with Crippen LogP contribution in [0.2, 0.25) is 5.02 Å². The van der Waals surface area contributed by atoms with E-state index in [1.807, 2.05) is 0 Å². The lowest BCUT2D eigenvalue weighted by Gasteiger charge is -2.26. The van der Waals surface area contributed by atoms with Crippen molar-refractivity contribution in [2.45, 2.75) is 25.6 Å². The van der Waals surface area contributed by atoms with E-state index < -0.39 is 30.4 Å². The third-order valence-corrected chi connectivity index (χ3v) is 6.83. The van der Waals surface area contributed by atoms with Crippen molar-refractivity contribution in [3.63, 3.8) is 0 Å². The van der Waals surface area contributed by atoms with Crippen LogP contribution in [0.4, 0.5) is 10.3 Å². The number of hydrogen-bond donors (Lipinski definition) is 5. The van der Waals surface area contributed by atoms with Crippen molar-refractivity contribution in [1.82, 2.24) is 25.5 Å². The Kier molecular flexibility index (Phi) is 9.15. The molecular formula is C28H29ClFN7O4. The van der Waals surface area contributed by atoms with Crippen LogP contribution in [-0.2, 0) is 11.3 Å². The van der Waals surface area contributed by atoms with Gasteiger partial charge in [-0.15, -0.1) is 0 Å². The lowest BCUT2D eigenvalue weighted by atomic mass is 10.0. The van der Waals surface area contributed by atoms with Crippen LogP contribution in [-0.4, -0.2) is 64.8 Å². The van der Waals surface area contributed by atoms with Crippen LogP contribution >= 0.6 is 11.6 Å². The molecule has 41 heavy (non-hydrogen) atoms. The van der Waals surface area contributed by atoms with E-state index in [1.165, 1.54) is 36.4 Å². The highest BCUT2D eigenvalue weighted by atomic mass is 35.5. The van der Waals surface area contributed by atoms with E-state index in [0.29, 0.717) is 28.1 Å². The number of anilines is 1. The summed E-state index contributed by atoms with van der Waals surface area (Å²) in [7, 11) is 3.09. The Morgan fingerprint density at radius 2 is 2.10 bits per heavy atom. The first-order valence-corrected chi connectivity index (χ1v) is 12.9. The van der Waals surface area contributed by atoms with Crippen LogP contribution in [0.5, 0.6) is 5.75 Å². The lowest BCUT2D eigenvalue weighted by molar-refractivity contribution is -0.126. The van der Waals surface area contributed by atoms with E-state index in [1.54, 1.807) is 38.4 Å². The molecule has 13 heteroatoms. The van der Waals surface area contributed by atoms with E-state index in [2.05, 4.69) is 25.9 Å². The number of carbonyl (C=O) groups excluding carboxylic acids is 2. The predicted octanol–water partition coefficient (Wildman–Crippen LogP) is 3.26. The summed E-state index contributed by atoms with van der Waals surface area (Å²) in [6.07, 6.45) is 4.10. The zero-order valence-electron chi connectivity index (χ0n) is 22.5. The molecule has 2 atom stereocenters. The number of ether oxygens (including phenoxy) is 1. The van der Waals surface area contributed by atoms with Gasteiger partial charge in [0.2, 0.25) is 11.9 Å². The van der Waals surface area contributed by atoms with Crippen molar-refractivity contribution in [3.8, 4) is 17.0 Å². The second kappa shape index (κ2) is 12.7. The maximum Gasteiger partial charge on any atom is 0.255 e. The number of halogens is 2. The molecule has 0 radical (unpaired) electrons. The number of aromatic nitrogens is 2. The fourth-order valence-corrected chi connectivity index (χ4v) is 4.58. The number of methoxy groups -OCH3 is 1. The maximum absolute atomic E-state index is 14.0. The Morgan fingerprint density at radius 1 is 1.32 bits per heavy atom. The summed E-state index contributed by atoms with van der Waals surface area (Å²) < 4.78 is 19.1. The predicted molar refractivity (Wildman–Crippen MR) is 152 cm³/mol.